The number of amides is 1. The van der Waals surface area contributed by atoms with E-state index in [1.54, 1.807) is 12.1 Å². The molecule has 0 radical (unpaired) electrons. The van der Waals surface area contributed by atoms with Crippen molar-refractivity contribution in [1.29, 1.82) is 0 Å². The van der Waals surface area contributed by atoms with E-state index in [0.717, 1.165) is 5.56 Å². The van der Waals surface area contributed by atoms with Crippen LogP contribution in [0.4, 0.5) is 0 Å². The van der Waals surface area contributed by atoms with Crippen molar-refractivity contribution >= 4 is 11.9 Å². The Morgan fingerprint density at radius 3 is 2.50 bits per heavy atom. The first kappa shape index (κ1) is 20.9. The molecule has 0 aliphatic rings. The van der Waals surface area contributed by atoms with Crippen LogP contribution in [-0.2, 0) is 16.1 Å². The number of rotatable bonds is 9. The van der Waals surface area contributed by atoms with Crippen molar-refractivity contribution in [2.45, 2.75) is 39.0 Å². The molecule has 1 aromatic carbocycles. The fourth-order valence-electron chi connectivity index (χ4n) is 2.63. The summed E-state index contributed by atoms with van der Waals surface area (Å²) in [6, 6.07) is 13.3. The SMILES string of the molecule is CC(C)CC(N=[N+]=[N-])C(OC(=O)c1ccccn1)C(=O)NCc1ccccc1. The van der Waals surface area contributed by atoms with Crippen molar-refractivity contribution in [1.82, 2.24) is 10.3 Å². The van der Waals surface area contributed by atoms with Gasteiger partial charge in [0.25, 0.3) is 5.91 Å². The molecule has 28 heavy (non-hydrogen) atoms. The summed E-state index contributed by atoms with van der Waals surface area (Å²) in [5.41, 5.74) is 9.89. The predicted molar refractivity (Wildman–Crippen MR) is 104 cm³/mol. The highest BCUT2D eigenvalue weighted by molar-refractivity contribution is 5.91. The monoisotopic (exact) mass is 381 g/mol. The Kier molecular flexibility index (Phi) is 7.99. The van der Waals surface area contributed by atoms with Crippen molar-refractivity contribution in [2.24, 2.45) is 11.0 Å². The molecule has 0 bridgehead atoms. The fourth-order valence-corrected chi connectivity index (χ4v) is 2.63. The molecule has 2 rings (SSSR count). The minimum absolute atomic E-state index is 0.0765. The summed E-state index contributed by atoms with van der Waals surface area (Å²) in [6.45, 7) is 4.13. The number of pyridine rings is 1. The number of esters is 1. The molecule has 1 amide bonds. The third-order valence-electron chi connectivity index (χ3n) is 3.94. The van der Waals surface area contributed by atoms with Crippen molar-refractivity contribution in [3.63, 3.8) is 0 Å². The van der Waals surface area contributed by atoms with Crippen LogP contribution in [0, 0.1) is 5.92 Å². The normalized spacial score (nSPS) is 12.5. The molecular weight excluding hydrogens is 358 g/mol. The summed E-state index contributed by atoms with van der Waals surface area (Å²) in [4.78, 5) is 32.0. The molecule has 0 aliphatic carbocycles. The Balaban J connectivity index is 2.19. The van der Waals surface area contributed by atoms with Crippen molar-refractivity contribution in [2.75, 3.05) is 0 Å². The van der Waals surface area contributed by atoms with Gasteiger partial charge < -0.3 is 10.1 Å². The zero-order valence-corrected chi connectivity index (χ0v) is 15.9. The summed E-state index contributed by atoms with van der Waals surface area (Å²) < 4.78 is 5.42. The number of aromatic nitrogens is 1. The number of azide groups is 1. The Morgan fingerprint density at radius 1 is 1.18 bits per heavy atom. The molecule has 0 spiro atoms. The number of carbonyl (C=O) groups excluding carboxylic acids is 2. The number of hydrogen-bond acceptors (Lipinski definition) is 5. The van der Waals surface area contributed by atoms with Crippen LogP contribution in [0.2, 0.25) is 0 Å². The Labute approximate surface area is 163 Å². The molecule has 1 heterocycles. The highest BCUT2D eigenvalue weighted by Crippen LogP contribution is 2.17. The highest BCUT2D eigenvalue weighted by Gasteiger charge is 2.32. The van der Waals surface area contributed by atoms with E-state index in [1.807, 2.05) is 44.2 Å². The smallest absolute Gasteiger partial charge is 0.357 e. The first-order valence-corrected chi connectivity index (χ1v) is 8.99. The van der Waals surface area contributed by atoms with E-state index in [2.05, 4.69) is 20.3 Å². The largest absolute Gasteiger partial charge is 0.447 e. The van der Waals surface area contributed by atoms with Crippen molar-refractivity contribution in [3.8, 4) is 0 Å². The third kappa shape index (κ3) is 6.41. The maximum absolute atomic E-state index is 12.8. The van der Waals surface area contributed by atoms with Crippen LogP contribution < -0.4 is 5.32 Å². The molecule has 146 valence electrons. The summed E-state index contributed by atoms with van der Waals surface area (Å²) in [5, 5.41) is 6.46. The fraction of sp³-hybridized carbons (Fsp3) is 0.350. The number of carbonyl (C=O) groups is 2. The lowest BCUT2D eigenvalue weighted by Gasteiger charge is -2.24. The van der Waals surface area contributed by atoms with Gasteiger partial charge in [-0.15, -0.1) is 0 Å². The van der Waals surface area contributed by atoms with Gasteiger partial charge in [-0.2, -0.15) is 0 Å². The Bertz CT molecular complexity index is 820. The van der Waals surface area contributed by atoms with Crippen LogP contribution in [0.5, 0.6) is 0 Å². The molecule has 1 N–H and O–H groups in total. The van der Waals surface area contributed by atoms with Crippen LogP contribution in [-0.4, -0.2) is 29.0 Å². The van der Waals surface area contributed by atoms with Gasteiger partial charge in [-0.25, -0.2) is 9.78 Å². The first-order chi connectivity index (χ1) is 13.5. The molecule has 0 saturated heterocycles. The predicted octanol–water partition coefficient (Wildman–Crippen LogP) is 3.65. The van der Waals surface area contributed by atoms with E-state index >= 15 is 0 Å². The molecule has 0 aliphatic heterocycles. The van der Waals surface area contributed by atoms with Gasteiger partial charge in [0.15, 0.2) is 6.10 Å². The number of nitrogens with zero attached hydrogens (tertiary/aromatic N) is 4. The lowest BCUT2D eigenvalue weighted by Crippen LogP contribution is -2.44. The Morgan fingerprint density at radius 2 is 1.89 bits per heavy atom. The second kappa shape index (κ2) is 10.7. The topological polar surface area (TPSA) is 117 Å². The Hall–Kier alpha value is -3.38. The highest BCUT2D eigenvalue weighted by atomic mass is 16.5. The molecule has 0 saturated carbocycles. The average molecular weight is 381 g/mol. The van der Waals surface area contributed by atoms with Gasteiger partial charge in [0.1, 0.15) is 5.69 Å². The van der Waals surface area contributed by atoms with Gasteiger partial charge in [-0.05, 0) is 35.6 Å². The summed E-state index contributed by atoms with van der Waals surface area (Å²) in [6.07, 6.45) is 0.597. The van der Waals surface area contributed by atoms with Crippen LogP contribution in [0.25, 0.3) is 10.4 Å². The van der Waals surface area contributed by atoms with Crippen LogP contribution in [0.15, 0.2) is 59.8 Å². The van der Waals surface area contributed by atoms with Crippen LogP contribution >= 0.6 is 0 Å². The molecular formula is C20H23N5O3. The molecule has 0 fully saturated rings. The summed E-state index contributed by atoms with van der Waals surface area (Å²) in [7, 11) is 0. The van der Waals surface area contributed by atoms with Gasteiger partial charge in [0.2, 0.25) is 0 Å². The first-order valence-electron chi connectivity index (χ1n) is 8.99. The van der Waals surface area contributed by atoms with Crippen LogP contribution in [0.1, 0.15) is 36.3 Å². The zero-order valence-electron chi connectivity index (χ0n) is 15.9. The quantitative estimate of drug-likeness (QED) is 0.309. The van der Waals surface area contributed by atoms with Gasteiger partial charge in [-0.1, -0.05) is 55.4 Å². The lowest BCUT2D eigenvalue weighted by molar-refractivity contribution is -0.131. The number of benzene rings is 1. The van der Waals surface area contributed by atoms with Crippen LogP contribution in [0.3, 0.4) is 0 Å². The second-order valence-electron chi connectivity index (χ2n) is 6.65. The van der Waals surface area contributed by atoms with E-state index in [0.29, 0.717) is 6.42 Å². The van der Waals surface area contributed by atoms with E-state index in [9.17, 15) is 9.59 Å². The van der Waals surface area contributed by atoms with Crippen molar-refractivity contribution in [3.05, 3.63) is 76.4 Å². The molecule has 2 atom stereocenters. The van der Waals surface area contributed by atoms with Gasteiger partial charge in [-0.3, -0.25) is 4.79 Å². The molecule has 2 unspecified atom stereocenters. The number of nitrogens with one attached hydrogen (secondary N) is 1. The van der Waals surface area contributed by atoms with Crippen molar-refractivity contribution < 1.29 is 14.3 Å². The minimum Gasteiger partial charge on any atom is -0.447 e. The maximum atomic E-state index is 12.8. The third-order valence-corrected chi connectivity index (χ3v) is 3.94. The molecule has 2 aromatic rings. The maximum Gasteiger partial charge on any atom is 0.357 e. The summed E-state index contributed by atoms with van der Waals surface area (Å²) in [5.74, 6) is -1.14. The molecule has 8 heteroatoms. The molecule has 1 aromatic heterocycles. The average Bonchev–Trinajstić information content (AvgIpc) is 2.71. The standard InChI is InChI=1S/C20H23N5O3/c1-14(2)12-17(24-25-21)18(28-20(27)16-10-6-7-11-22-16)19(26)23-13-15-8-4-3-5-9-15/h3-11,14,17-18H,12-13H2,1-2H3,(H,23,26). The molecule has 8 nitrogen and oxygen atoms in total. The number of ether oxygens (including phenoxy) is 1. The van der Waals surface area contributed by atoms with E-state index in [1.165, 1.54) is 12.3 Å². The van der Waals surface area contributed by atoms with Gasteiger partial charge in [0.05, 0.1) is 6.04 Å². The van der Waals surface area contributed by atoms with E-state index < -0.39 is 24.0 Å². The summed E-state index contributed by atoms with van der Waals surface area (Å²) >= 11 is 0. The second-order valence-corrected chi connectivity index (χ2v) is 6.65. The zero-order chi connectivity index (χ0) is 20.4. The number of hydrogen-bond donors (Lipinski definition) is 1. The van der Waals surface area contributed by atoms with E-state index in [4.69, 9.17) is 10.3 Å². The van der Waals surface area contributed by atoms with Gasteiger partial charge in [0, 0.05) is 17.7 Å². The van der Waals surface area contributed by atoms with Gasteiger partial charge >= 0.3 is 5.97 Å². The minimum atomic E-state index is -1.25. The lowest BCUT2D eigenvalue weighted by atomic mass is 9.99. The van der Waals surface area contributed by atoms with E-state index in [-0.39, 0.29) is 18.2 Å².